The van der Waals surface area contributed by atoms with Crippen LogP contribution >= 0.6 is 0 Å². The van der Waals surface area contributed by atoms with Crippen molar-refractivity contribution in [2.75, 3.05) is 43.0 Å². The van der Waals surface area contributed by atoms with Crippen LogP contribution in [0.5, 0.6) is 5.75 Å². The first-order chi connectivity index (χ1) is 13.4. The number of carbonyl (C=O) groups excluding carboxylic acids is 2. The molecule has 0 aliphatic carbocycles. The molecule has 0 bridgehead atoms. The monoisotopic (exact) mass is 381 g/mol. The Morgan fingerprint density at radius 3 is 2.25 bits per heavy atom. The van der Waals surface area contributed by atoms with Crippen LogP contribution in [0.3, 0.4) is 0 Å². The lowest BCUT2D eigenvalue weighted by Gasteiger charge is -2.35. The summed E-state index contributed by atoms with van der Waals surface area (Å²) in [5.74, 6) is 0.594. The molecule has 6 nitrogen and oxygen atoms in total. The van der Waals surface area contributed by atoms with E-state index >= 15 is 0 Å². The van der Waals surface area contributed by atoms with Crippen molar-refractivity contribution >= 4 is 23.2 Å². The van der Waals surface area contributed by atoms with E-state index in [9.17, 15) is 9.59 Å². The van der Waals surface area contributed by atoms with Gasteiger partial charge in [-0.1, -0.05) is 6.07 Å². The molecule has 0 saturated carbocycles. The Hall–Kier alpha value is -3.02. The highest BCUT2D eigenvalue weighted by molar-refractivity contribution is 5.92. The summed E-state index contributed by atoms with van der Waals surface area (Å²) in [6.07, 6.45) is 0. The number of nitrogens with one attached hydrogen (secondary N) is 1. The van der Waals surface area contributed by atoms with E-state index < -0.39 is 0 Å². The van der Waals surface area contributed by atoms with Crippen molar-refractivity contribution in [2.45, 2.75) is 20.8 Å². The fourth-order valence-corrected chi connectivity index (χ4v) is 3.20. The summed E-state index contributed by atoms with van der Waals surface area (Å²) in [5.41, 5.74) is 4.20. The van der Waals surface area contributed by atoms with Crippen LogP contribution < -0.4 is 15.0 Å². The molecule has 1 fully saturated rings. The maximum absolute atomic E-state index is 12.1. The number of piperazine rings is 1. The van der Waals surface area contributed by atoms with Crippen molar-refractivity contribution in [3.8, 4) is 5.75 Å². The fraction of sp³-hybridized carbons (Fsp3) is 0.364. The standard InChI is InChI=1S/C22H27N3O3/c1-16-4-5-19(14-17(16)2)23-22(27)15-28-21-8-6-20(7-9-21)25-12-10-24(11-13-25)18(3)26/h4-9,14H,10-13,15H2,1-3H3,(H,23,27). The zero-order chi connectivity index (χ0) is 20.1. The molecule has 1 aliphatic heterocycles. The van der Waals surface area contributed by atoms with Gasteiger partial charge in [-0.15, -0.1) is 0 Å². The molecule has 1 N–H and O–H groups in total. The average molecular weight is 381 g/mol. The second-order valence-electron chi connectivity index (χ2n) is 7.12. The second kappa shape index (κ2) is 8.78. The topological polar surface area (TPSA) is 61.9 Å². The molecule has 1 saturated heterocycles. The second-order valence-corrected chi connectivity index (χ2v) is 7.12. The summed E-state index contributed by atoms with van der Waals surface area (Å²) in [6, 6.07) is 13.5. The number of nitrogens with zero attached hydrogens (tertiary/aromatic N) is 2. The smallest absolute Gasteiger partial charge is 0.262 e. The van der Waals surface area contributed by atoms with Gasteiger partial charge in [0.1, 0.15) is 5.75 Å². The molecular formula is C22H27N3O3. The minimum atomic E-state index is -0.187. The summed E-state index contributed by atoms with van der Waals surface area (Å²) < 4.78 is 5.60. The Kier molecular flexibility index (Phi) is 6.19. The van der Waals surface area contributed by atoms with E-state index in [1.807, 2.05) is 61.2 Å². The van der Waals surface area contributed by atoms with E-state index in [0.717, 1.165) is 43.1 Å². The average Bonchev–Trinajstić information content (AvgIpc) is 2.70. The van der Waals surface area contributed by atoms with E-state index in [4.69, 9.17) is 4.74 Å². The van der Waals surface area contributed by atoms with Crippen molar-refractivity contribution in [1.29, 1.82) is 0 Å². The van der Waals surface area contributed by atoms with E-state index in [-0.39, 0.29) is 18.4 Å². The summed E-state index contributed by atoms with van der Waals surface area (Å²) >= 11 is 0. The number of aryl methyl sites for hydroxylation is 2. The normalized spacial score (nSPS) is 14.0. The van der Waals surface area contributed by atoms with Gasteiger partial charge in [0.2, 0.25) is 5.91 Å². The zero-order valence-corrected chi connectivity index (χ0v) is 16.7. The van der Waals surface area contributed by atoms with Crippen LogP contribution in [0.4, 0.5) is 11.4 Å². The first-order valence-corrected chi connectivity index (χ1v) is 9.53. The molecule has 2 aromatic carbocycles. The molecule has 0 aromatic heterocycles. The lowest BCUT2D eigenvalue weighted by Crippen LogP contribution is -2.48. The summed E-state index contributed by atoms with van der Waals surface area (Å²) in [7, 11) is 0. The Morgan fingerprint density at radius 1 is 0.964 bits per heavy atom. The van der Waals surface area contributed by atoms with Crippen molar-refractivity contribution in [1.82, 2.24) is 4.90 Å². The molecule has 3 rings (SSSR count). The SMILES string of the molecule is CC(=O)N1CCN(c2ccc(OCC(=O)Nc3ccc(C)c(C)c3)cc2)CC1. The molecule has 2 amide bonds. The maximum Gasteiger partial charge on any atom is 0.262 e. The van der Waals surface area contributed by atoms with Gasteiger partial charge in [-0.25, -0.2) is 0 Å². The number of anilines is 2. The molecule has 6 heteroatoms. The van der Waals surface area contributed by atoms with Crippen LogP contribution in [0.1, 0.15) is 18.1 Å². The first kappa shape index (κ1) is 19.7. The van der Waals surface area contributed by atoms with Gasteiger partial charge in [-0.2, -0.15) is 0 Å². The van der Waals surface area contributed by atoms with Crippen molar-refractivity contribution < 1.29 is 14.3 Å². The lowest BCUT2D eigenvalue weighted by atomic mass is 10.1. The number of hydrogen-bond acceptors (Lipinski definition) is 4. The zero-order valence-electron chi connectivity index (χ0n) is 16.7. The highest BCUT2D eigenvalue weighted by Gasteiger charge is 2.18. The predicted octanol–water partition coefficient (Wildman–Crippen LogP) is 2.99. The fourth-order valence-electron chi connectivity index (χ4n) is 3.20. The molecule has 1 heterocycles. The van der Waals surface area contributed by atoms with Gasteiger partial charge in [0.05, 0.1) is 0 Å². The third-order valence-corrected chi connectivity index (χ3v) is 5.09. The molecule has 0 atom stereocenters. The van der Waals surface area contributed by atoms with Gasteiger partial charge in [0, 0.05) is 44.5 Å². The van der Waals surface area contributed by atoms with Gasteiger partial charge in [-0.3, -0.25) is 9.59 Å². The van der Waals surface area contributed by atoms with Crippen LogP contribution in [0.25, 0.3) is 0 Å². The van der Waals surface area contributed by atoms with Gasteiger partial charge < -0.3 is 19.9 Å². The van der Waals surface area contributed by atoms with E-state index in [1.54, 1.807) is 6.92 Å². The highest BCUT2D eigenvalue weighted by atomic mass is 16.5. The minimum Gasteiger partial charge on any atom is -0.484 e. The Balaban J connectivity index is 1.48. The number of rotatable bonds is 5. The Bertz CT molecular complexity index is 841. The molecule has 148 valence electrons. The van der Waals surface area contributed by atoms with Gasteiger partial charge in [-0.05, 0) is 61.4 Å². The number of carbonyl (C=O) groups is 2. The number of amides is 2. The van der Waals surface area contributed by atoms with Crippen molar-refractivity contribution in [3.05, 3.63) is 53.6 Å². The summed E-state index contributed by atoms with van der Waals surface area (Å²) in [4.78, 5) is 27.6. The first-order valence-electron chi connectivity index (χ1n) is 9.53. The molecule has 0 unspecified atom stereocenters. The van der Waals surface area contributed by atoms with Crippen LogP contribution in [0.2, 0.25) is 0 Å². The van der Waals surface area contributed by atoms with Crippen molar-refractivity contribution in [3.63, 3.8) is 0 Å². The molecule has 2 aromatic rings. The van der Waals surface area contributed by atoms with E-state index in [1.165, 1.54) is 5.56 Å². The van der Waals surface area contributed by atoms with Crippen LogP contribution in [0, 0.1) is 13.8 Å². The van der Waals surface area contributed by atoms with Gasteiger partial charge >= 0.3 is 0 Å². The third-order valence-electron chi connectivity index (χ3n) is 5.09. The molecule has 0 spiro atoms. The van der Waals surface area contributed by atoms with Crippen LogP contribution in [-0.2, 0) is 9.59 Å². The highest BCUT2D eigenvalue weighted by Crippen LogP contribution is 2.21. The molecular weight excluding hydrogens is 354 g/mol. The quantitative estimate of drug-likeness (QED) is 0.865. The van der Waals surface area contributed by atoms with Gasteiger partial charge in [0.15, 0.2) is 6.61 Å². The van der Waals surface area contributed by atoms with Gasteiger partial charge in [0.25, 0.3) is 5.91 Å². The maximum atomic E-state index is 12.1. The summed E-state index contributed by atoms with van der Waals surface area (Å²) in [6.45, 7) is 8.75. The largest absolute Gasteiger partial charge is 0.484 e. The number of hydrogen-bond donors (Lipinski definition) is 1. The van der Waals surface area contributed by atoms with E-state index in [2.05, 4.69) is 10.2 Å². The number of ether oxygens (including phenoxy) is 1. The van der Waals surface area contributed by atoms with Crippen LogP contribution in [-0.4, -0.2) is 49.5 Å². The Morgan fingerprint density at radius 2 is 1.64 bits per heavy atom. The summed E-state index contributed by atoms with van der Waals surface area (Å²) in [5, 5.41) is 2.85. The lowest BCUT2D eigenvalue weighted by molar-refractivity contribution is -0.129. The number of benzene rings is 2. The predicted molar refractivity (Wildman–Crippen MR) is 111 cm³/mol. The third kappa shape index (κ3) is 5.03. The molecule has 0 radical (unpaired) electrons. The van der Waals surface area contributed by atoms with E-state index in [0.29, 0.717) is 5.75 Å². The van der Waals surface area contributed by atoms with Crippen LogP contribution in [0.15, 0.2) is 42.5 Å². The minimum absolute atomic E-state index is 0.0381. The molecule has 28 heavy (non-hydrogen) atoms. The Labute approximate surface area is 166 Å². The molecule has 1 aliphatic rings. The van der Waals surface area contributed by atoms with Crippen molar-refractivity contribution in [2.24, 2.45) is 0 Å².